The monoisotopic (exact) mass is 1300 g/mol. The summed E-state index contributed by atoms with van der Waals surface area (Å²) in [7, 11) is 0. The average Bonchev–Trinajstić information content (AvgIpc) is 1.47. The number of amides is 4. The number of nitrogens with zero attached hydrogens (tertiary/aromatic N) is 4. The molecule has 10 aromatic rings. The van der Waals surface area contributed by atoms with Gasteiger partial charge in [-0.05, 0) is 103 Å². The highest BCUT2D eigenvalue weighted by molar-refractivity contribution is 5.91. The van der Waals surface area contributed by atoms with E-state index in [0.29, 0.717) is 13.1 Å². The zero-order chi connectivity index (χ0) is 66.5. The molecule has 10 aromatic carbocycles. The second kappa shape index (κ2) is 26.0. The number of rotatable bonds is 19. The van der Waals surface area contributed by atoms with Gasteiger partial charge in [-0.2, -0.15) is 0 Å². The molecule has 0 bridgehead atoms. The van der Waals surface area contributed by atoms with Gasteiger partial charge in [0.2, 0.25) is 11.8 Å². The van der Waals surface area contributed by atoms with Gasteiger partial charge in [0.1, 0.15) is 37.6 Å². The number of likely N-dealkylation sites (tertiary alicyclic amines) is 2. The van der Waals surface area contributed by atoms with E-state index in [0.717, 1.165) is 89.3 Å². The second-order valence-corrected chi connectivity index (χ2v) is 26.9. The van der Waals surface area contributed by atoms with Crippen LogP contribution in [0, 0.1) is 0 Å². The average molecular weight is 1300 g/mol. The Morgan fingerprint density at radius 3 is 1.02 bits per heavy atom. The highest BCUT2D eigenvalue weighted by Gasteiger charge is 2.78. The Hall–Kier alpha value is -10.8. The number of anilines is 2. The number of alkyl carbamates (subject to hydrolysis) is 2. The lowest BCUT2D eigenvalue weighted by Crippen LogP contribution is -2.66. The first-order valence-electron chi connectivity index (χ1n) is 34.1. The molecule has 8 atom stereocenters. The number of ether oxygens (including phenoxy) is 2. The van der Waals surface area contributed by atoms with Crippen LogP contribution < -0.4 is 20.4 Å². The predicted octanol–water partition coefficient (Wildman–Crippen LogP) is 13.0. The van der Waals surface area contributed by atoms with Crippen molar-refractivity contribution in [1.82, 2.24) is 20.4 Å². The van der Waals surface area contributed by atoms with Gasteiger partial charge in [-0.3, -0.25) is 9.59 Å². The maximum absolute atomic E-state index is 17.0. The van der Waals surface area contributed by atoms with Gasteiger partial charge in [0, 0.05) is 49.1 Å². The molecule has 490 valence electrons. The lowest BCUT2D eigenvalue weighted by atomic mass is 9.54. The number of carbonyl (C=O) groups is 4. The zero-order valence-electron chi connectivity index (χ0n) is 54.2. The lowest BCUT2D eigenvalue weighted by molar-refractivity contribution is -0.139. The highest BCUT2D eigenvalue weighted by Crippen LogP contribution is 2.71. The zero-order valence-corrected chi connectivity index (χ0v) is 54.2. The quantitative estimate of drug-likeness (QED) is 0.0613. The molecule has 2 fully saturated rings. The van der Waals surface area contributed by atoms with Crippen molar-refractivity contribution in [1.29, 1.82) is 0 Å². The fourth-order valence-corrected chi connectivity index (χ4v) is 18.0. The first kappa shape index (κ1) is 62.0. The Balaban J connectivity index is 0.826. The molecule has 16 rings (SSSR count). The minimum Gasteiger partial charge on any atom is -0.449 e. The molecule has 98 heavy (non-hydrogen) atoms. The summed E-state index contributed by atoms with van der Waals surface area (Å²) in [6.45, 7) is -0.169. The van der Waals surface area contributed by atoms with E-state index in [-0.39, 0.29) is 50.7 Å². The molecule has 14 nitrogen and oxygen atoms in total. The summed E-state index contributed by atoms with van der Waals surface area (Å²) in [5.74, 6) is -1.31. The Kier molecular flexibility index (Phi) is 16.4. The van der Waals surface area contributed by atoms with Gasteiger partial charge in [-0.25, -0.2) is 9.59 Å². The number of aliphatic hydroxyl groups is 2. The summed E-state index contributed by atoms with van der Waals surface area (Å²) in [6, 6.07) is 84.7. The first-order valence-corrected chi connectivity index (χ1v) is 34.1. The molecule has 4 heterocycles. The first-order chi connectivity index (χ1) is 48.2. The van der Waals surface area contributed by atoms with Crippen LogP contribution in [0.25, 0.3) is 22.3 Å². The number of para-hydroxylation sites is 2. The summed E-state index contributed by atoms with van der Waals surface area (Å²) < 4.78 is 12.6. The van der Waals surface area contributed by atoms with E-state index in [1.54, 1.807) is 0 Å². The van der Waals surface area contributed by atoms with Gasteiger partial charge in [0.25, 0.3) is 0 Å². The van der Waals surface area contributed by atoms with Crippen LogP contribution in [0.3, 0.4) is 0 Å². The molecule has 0 spiro atoms. The number of benzene rings is 10. The summed E-state index contributed by atoms with van der Waals surface area (Å²) in [6.07, 6.45) is -2.69. The lowest BCUT2D eigenvalue weighted by Gasteiger charge is -2.51. The molecular weight excluding hydrogens is 1220 g/mol. The highest BCUT2D eigenvalue weighted by atomic mass is 16.6. The van der Waals surface area contributed by atoms with Crippen LogP contribution in [0.4, 0.5) is 21.0 Å². The number of fused-ring (bicyclic) bond motifs is 13. The molecule has 4 N–H and O–H groups in total. The summed E-state index contributed by atoms with van der Waals surface area (Å²) in [5.41, 5.74) is 13.3. The van der Waals surface area contributed by atoms with Gasteiger partial charge in [-0.15, -0.1) is 0 Å². The molecule has 2 saturated heterocycles. The largest absolute Gasteiger partial charge is 0.449 e. The van der Waals surface area contributed by atoms with Gasteiger partial charge >= 0.3 is 12.2 Å². The number of carbonyl (C=O) groups excluding carboxylic acids is 4. The van der Waals surface area contributed by atoms with Crippen molar-refractivity contribution in [3.8, 4) is 22.3 Å². The maximum atomic E-state index is 17.0. The van der Waals surface area contributed by atoms with Gasteiger partial charge in [0.05, 0.1) is 36.1 Å². The topological polar surface area (TPSA) is 164 Å². The Morgan fingerprint density at radius 1 is 0.388 bits per heavy atom. The van der Waals surface area contributed by atoms with E-state index in [1.807, 2.05) is 180 Å². The van der Waals surface area contributed by atoms with Crippen molar-refractivity contribution in [2.75, 3.05) is 36.2 Å². The summed E-state index contributed by atoms with van der Waals surface area (Å²) in [4.78, 5) is 72.1. The number of nitrogens with one attached hydrogen (secondary N) is 2. The van der Waals surface area contributed by atoms with Crippen LogP contribution in [-0.2, 0) is 55.8 Å². The fourth-order valence-electron chi connectivity index (χ4n) is 18.0. The Labute approximate surface area is 570 Å². The molecule has 4 amide bonds. The van der Waals surface area contributed by atoms with Crippen molar-refractivity contribution in [2.24, 2.45) is 0 Å². The summed E-state index contributed by atoms with van der Waals surface area (Å²) >= 11 is 0. The molecule has 0 unspecified atom stereocenters. The predicted molar refractivity (Wildman–Crippen MR) is 378 cm³/mol. The standard InChI is InChI=1S/C84H76N6O8/c91-51-59-47-83(71-41-21-23-43-75(71)87(49-57-29-9-3-10-30-57)79(83)89(59)77(93)73(45-55-25-5-1-6-26-55)85-81(95)97-53-69-65-37-17-13-33-61(65)62-34-14-18-38-66(62)69)84-48-60(52-92)90(80(84)88(50-58-31-11-4-12-32-58)76-44-24-22-42-72(76)84)78(94)74(46-56-27-7-2-8-28-56)86-82(96)98-54-70-67-39-19-15-35-63(67)64-36-16-20-40-68(64)70/h1-44,59-60,69-70,73-74,79-80,91-92H,45-54H2,(H,85,95)(H,86,96)/t59-,60-,73-,74-,79+,80+,83-,84-/m1/s1. The van der Waals surface area contributed by atoms with E-state index < -0.39 is 84.5 Å². The van der Waals surface area contributed by atoms with Gasteiger partial charge in [-0.1, -0.05) is 255 Å². The SMILES string of the molecule is O=C(N[C@H](Cc1ccccc1)C(=O)N1[C@@H](CO)C[C@@]2([C@@]34C[C@H](CO)N(C(=O)[C@@H](Cc5ccccc5)NC(=O)OCC5c6ccccc6-c6ccccc65)[C@@H]3N(Cc3ccccc3)c3ccccc34)c3ccccc3N(Cc3ccccc3)[C@@H]12)OCC1c2ccccc2-c2ccccc21. The van der Waals surface area contributed by atoms with Crippen molar-refractivity contribution in [2.45, 2.75) is 97.9 Å². The molecule has 4 aliphatic heterocycles. The third kappa shape index (κ3) is 10.5. The van der Waals surface area contributed by atoms with Crippen LogP contribution in [0.5, 0.6) is 0 Å². The van der Waals surface area contributed by atoms with Crippen molar-refractivity contribution in [3.05, 3.63) is 323 Å². The van der Waals surface area contributed by atoms with Crippen LogP contribution in [0.2, 0.25) is 0 Å². The summed E-state index contributed by atoms with van der Waals surface area (Å²) in [5, 5.41) is 31.0. The van der Waals surface area contributed by atoms with Gasteiger partial charge in [0.15, 0.2) is 0 Å². The second-order valence-electron chi connectivity index (χ2n) is 26.9. The maximum Gasteiger partial charge on any atom is 0.407 e. The van der Waals surface area contributed by atoms with E-state index in [1.165, 1.54) is 0 Å². The molecular formula is C84H76N6O8. The Morgan fingerprint density at radius 2 is 0.684 bits per heavy atom. The van der Waals surface area contributed by atoms with Crippen molar-refractivity contribution < 1.29 is 38.9 Å². The fraction of sp³-hybridized carbons (Fsp3) is 0.238. The van der Waals surface area contributed by atoms with Crippen LogP contribution in [-0.4, -0.2) is 107 Å². The Bertz CT molecular complexity index is 4240. The minimum absolute atomic E-state index is 0.0262. The van der Waals surface area contributed by atoms with E-state index in [4.69, 9.17) is 9.47 Å². The van der Waals surface area contributed by atoms with E-state index >= 15 is 9.59 Å². The smallest absolute Gasteiger partial charge is 0.407 e. The van der Waals surface area contributed by atoms with Crippen LogP contribution in [0.1, 0.15) is 80.3 Å². The van der Waals surface area contributed by atoms with Gasteiger partial charge < -0.3 is 49.9 Å². The third-order valence-electron chi connectivity index (χ3n) is 21.8. The minimum atomic E-state index is -1.20. The molecule has 2 aliphatic carbocycles. The molecule has 14 heteroatoms. The van der Waals surface area contributed by atoms with Crippen LogP contribution in [0.15, 0.2) is 267 Å². The van der Waals surface area contributed by atoms with Crippen molar-refractivity contribution >= 4 is 35.4 Å². The number of aliphatic hydroxyl groups excluding tert-OH is 2. The molecule has 0 saturated carbocycles. The molecule has 0 aromatic heterocycles. The van der Waals surface area contributed by atoms with E-state index in [9.17, 15) is 19.8 Å². The van der Waals surface area contributed by atoms with E-state index in [2.05, 4.69) is 117 Å². The number of hydrogen-bond donors (Lipinski definition) is 4. The van der Waals surface area contributed by atoms with Crippen LogP contribution >= 0.6 is 0 Å². The number of hydrogen-bond acceptors (Lipinski definition) is 10. The molecule has 6 aliphatic rings. The van der Waals surface area contributed by atoms with Crippen molar-refractivity contribution in [3.63, 3.8) is 0 Å². The molecule has 0 radical (unpaired) electrons. The third-order valence-corrected chi connectivity index (χ3v) is 21.8. The normalized spacial score (nSPS) is 21.2.